The summed E-state index contributed by atoms with van der Waals surface area (Å²) in [6, 6.07) is 7.83. The number of carbonyl (C=O) groups is 1. The number of nitrogens with one attached hydrogen (secondary N) is 2. The van der Waals surface area contributed by atoms with Gasteiger partial charge < -0.3 is 10.3 Å². The maximum atomic E-state index is 12.4. The molecule has 0 spiro atoms. The van der Waals surface area contributed by atoms with Crippen molar-refractivity contribution in [3.8, 4) is 0 Å². The van der Waals surface area contributed by atoms with Crippen LogP contribution in [0.2, 0.25) is 0 Å². The monoisotopic (exact) mass is 256 g/mol. The number of carbonyl (C=O) groups excluding carboxylic acids is 1. The summed E-state index contributed by atoms with van der Waals surface area (Å²) in [6.45, 7) is 2.16. The summed E-state index contributed by atoms with van der Waals surface area (Å²) < 4.78 is 0. The molecule has 2 N–H and O–H groups in total. The zero-order valence-electron chi connectivity index (χ0n) is 11.3. The third kappa shape index (κ3) is 2.50. The van der Waals surface area contributed by atoms with Crippen LogP contribution in [0.5, 0.6) is 0 Å². The molecule has 1 aromatic carbocycles. The Hall–Kier alpha value is -1.77. The normalized spacial score (nSPS) is 18.4. The molecule has 0 aliphatic heterocycles. The number of rotatable bonds is 2. The van der Waals surface area contributed by atoms with Crippen molar-refractivity contribution in [1.82, 2.24) is 10.3 Å². The highest BCUT2D eigenvalue weighted by Crippen LogP contribution is 2.28. The number of amides is 1. The van der Waals surface area contributed by atoms with E-state index in [1.54, 1.807) is 0 Å². The number of hydrogen-bond donors (Lipinski definition) is 2. The SMILES string of the molecule is CC1(NC(=O)c2ccc3cc[nH]c3c2)CCCCC1. The third-order valence-corrected chi connectivity index (χ3v) is 4.19. The zero-order valence-corrected chi connectivity index (χ0v) is 11.3. The molecule has 0 unspecified atom stereocenters. The van der Waals surface area contributed by atoms with Crippen molar-refractivity contribution in [1.29, 1.82) is 0 Å². The molecule has 0 bridgehead atoms. The maximum Gasteiger partial charge on any atom is 0.251 e. The topological polar surface area (TPSA) is 44.9 Å². The highest BCUT2D eigenvalue weighted by atomic mass is 16.1. The van der Waals surface area contributed by atoms with Crippen LogP contribution < -0.4 is 5.32 Å². The molecule has 1 amide bonds. The zero-order chi connectivity index (χ0) is 13.3. The lowest BCUT2D eigenvalue weighted by Gasteiger charge is -2.34. The van der Waals surface area contributed by atoms with Crippen molar-refractivity contribution >= 4 is 16.8 Å². The largest absolute Gasteiger partial charge is 0.361 e. The van der Waals surface area contributed by atoms with Gasteiger partial charge in [0.25, 0.3) is 5.91 Å². The molecule has 3 heteroatoms. The first-order valence-corrected chi connectivity index (χ1v) is 7.06. The lowest BCUT2D eigenvalue weighted by Crippen LogP contribution is -2.47. The minimum absolute atomic E-state index is 0.0278. The van der Waals surface area contributed by atoms with Crippen molar-refractivity contribution in [3.63, 3.8) is 0 Å². The number of fused-ring (bicyclic) bond motifs is 1. The average Bonchev–Trinajstić information content (AvgIpc) is 2.86. The summed E-state index contributed by atoms with van der Waals surface area (Å²) >= 11 is 0. The van der Waals surface area contributed by atoms with E-state index in [-0.39, 0.29) is 11.4 Å². The molecular formula is C16H20N2O. The van der Waals surface area contributed by atoms with E-state index in [0.717, 1.165) is 29.3 Å². The fraction of sp³-hybridized carbons (Fsp3) is 0.438. The van der Waals surface area contributed by atoms with Gasteiger partial charge in [-0.1, -0.05) is 25.3 Å². The van der Waals surface area contributed by atoms with E-state index in [9.17, 15) is 4.79 Å². The van der Waals surface area contributed by atoms with E-state index >= 15 is 0 Å². The van der Waals surface area contributed by atoms with Gasteiger partial charge in [-0.3, -0.25) is 4.79 Å². The molecular weight excluding hydrogens is 236 g/mol. The van der Waals surface area contributed by atoms with Crippen LogP contribution >= 0.6 is 0 Å². The molecule has 1 aliphatic carbocycles. The molecule has 0 atom stereocenters. The van der Waals surface area contributed by atoms with Gasteiger partial charge in [-0.2, -0.15) is 0 Å². The second kappa shape index (κ2) is 4.72. The van der Waals surface area contributed by atoms with Gasteiger partial charge in [-0.05, 0) is 43.4 Å². The fourth-order valence-electron chi connectivity index (χ4n) is 2.99. The molecule has 1 aromatic heterocycles. The van der Waals surface area contributed by atoms with Gasteiger partial charge in [-0.15, -0.1) is 0 Å². The molecule has 1 aliphatic rings. The summed E-state index contributed by atoms with van der Waals surface area (Å²) in [6.07, 6.45) is 7.79. The lowest BCUT2D eigenvalue weighted by molar-refractivity contribution is 0.0883. The molecule has 100 valence electrons. The second-order valence-electron chi connectivity index (χ2n) is 5.86. The first-order valence-electron chi connectivity index (χ1n) is 7.06. The Balaban J connectivity index is 1.79. The van der Waals surface area contributed by atoms with Crippen molar-refractivity contribution in [2.75, 3.05) is 0 Å². The summed E-state index contributed by atoms with van der Waals surface area (Å²) in [7, 11) is 0. The van der Waals surface area contributed by atoms with Gasteiger partial charge in [-0.25, -0.2) is 0 Å². The van der Waals surface area contributed by atoms with E-state index in [1.165, 1.54) is 19.3 Å². The molecule has 1 heterocycles. The van der Waals surface area contributed by atoms with Gasteiger partial charge in [0.15, 0.2) is 0 Å². The third-order valence-electron chi connectivity index (χ3n) is 4.19. The van der Waals surface area contributed by atoms with Crippen LogP contribution in [0.4, 0.5) is 0 Å². The number of H-pyrrole nitrogens is 1. The van der Waals surface area contributed by atoms with Crippen LogP contribution in [0.1, 0.15) is 49.4 Å². The molecule has 1 fully saturated rings. The molecule has 3 rings (SSSR count). The van der Waals surface area contributed by atoms with Crippen LogP contribution in [0.15, 0.2) is 30.5 Å². The number of benzene rings is 1. The van der Waals surface area contributed by atoms with Crippen molar-refractivity contribution in [2.24, 2.45) is 0 Å². The Bertz CT molecular complexity index is 594. The number of aromatic amines is 1. The van der Waals surface area contributed by atoms with E-state index in [0.29, 0.717) is 0 Å². The predicted molar refractivity (Wildman–Crippen MR) is 77.3 cm³/mol. The molecule has 0 radical (unpaired) electrons. The van der Waals surface area contributed by atoms with E-state index in [4.69, 9.17) is 0 Å². The summed E-state index contributed by atoms with van der Waals surface area (Å²) in [5.41, 5.74) is 1.73. The van der Waals surface area contributed by atoms with E-state index in [2.05, 4.69) is 17.2 Å². The Labute approximate surface area is 113 Å². The molecule has 3 nitrogen and oxygen atoms in total. The fourth-order valence-corrected chi connectivity index (χ4v) is 2.99. The Morgan fingerprint density at radius 1 is 1.21 bits per heavy atom. The first kappa shape index (κ1) is 12.3. The van der Waals surface area contributed by atoms with Gasteiger partial charge in [0.2, 0.25) is 0 Å². The summed E-state index contributed by atoms with van der Waals surface area (Å²) in [5, 5.41) is 4.35. The first-order chi connectivity index (χ1) is 9.16. The average molecular weight is 256 g/mol. The van der Waals surface area contributed by atoms with Crippen LogP contribution in [-0.4, -0.2) is 16.4 Å². The molecule has 1 saturated carbocycles. The van der Waals surface area contributed by atoms with Crippen LogP contribution in [0.25, 0.3) is 10.9 Å². The Morgan fingerprint density at radius 2 is 2.00 bits per heavy atom. The minimum Gasteiger partial charge on any atom is -0.361 e. The van der Waals surface area contributed by atoms with Crippen molar-refractivity contribution in [2.45, 2.75) is 44.6 Å². The molecule has 0 saturated heterocycles. The Kier molecular flexibility index (Phi) is 3.05. The highest BCUT2D eigenvalue weighted by Gasteiger charge is 2.28. The number of hydrogen-bond acceptors (Lipinski definition) is 1. The quantitative estimate of drug-likeness (QED) is 0.847. The smallest absolute Gasteiger partial charge is 0.251 e. The van der Waals surface area contributed by atoms with Gasteiger partial charge in [0.1, 0.15) is 0 Å². The highest BCUT2D eigenvalue weighted by molar-refractivity contribution is 5.98. The molecule has 19 heavy (non-hydrogen) atoms. The van der Waals surface area contributed by atoms with Crippen LogP contribution in [-0.2, 0) is 0 Å². The van der Waals surface area contributed by atoms with Crippen molar-refractivity contribution in [3.05, 3.63) is 36.0 Å². The minimum atomic E-state index is -0.0278. The van der Waals surface area contributed by atoms with E-state index in [1.807, 2.05) is 30.5 Å². The van der Waals surface area contributed by atoms with E-state index < -0.39 is 0 Å². The summed E-state index contributed by atoms with van der Waals surface area (Å²) in [4.78, 5) is 15.5. The molecule has 2 aromatic rings. The van der Waals surface area contributed by atoms with Gasteiger partial charge in [0.05, 0.1) is 0 Å². The van der Waals surface area contributed by atoms with Gasteiger partial charge in [0, 0.05) is 22.8 Å². The lowest BCUT2D eigenvalue weighted by atomic mass is 9.83. The van der Waals surface area contributed by atoms with Gasteiger partial charge >= 0.3 is 0 Å². The Morgan fingerprint density at radius 3 is 2.79 bits per heavy atom. The predicted octanol–water partition coefficient (Wildman–Crippen LogP) is 3.62. The maximum absolute atomic E-state index is 12.4. The summed E-state index contributed by atoms with van der Waals surface area (Å²) in [5.74, 6) is 0.0425. The van der Waals surface area contributed by atoms with Crippen LogP contribution in [0.3, 0.4) is 0 Å². The second-order valence-corrected chi connectivity index (χ2v) is 5.86. The number of aromatic nitrogens is 1. The standard InChI is InChI=1S/C16H20N2O/c1-16(8-3-2-4-9-16)18-15(19)13-6-5-12-7-10-17-14(12)11-13/h5-7,10-11,17H,2-4,8-9H2,1H3,(H,18,19). The van der Waals surface area contributed by atoms with Crippen LogP contribution in [0, 0.1) is 0 Å². The van der Waals surface area contributed by atoms with Crippen molar-refractivity contribution < 1.29 is 4.79 Å².